The Labute approximate surface area is 268 Å². The zero-order valence-electron chi connectivity index (χ0n) is 26.7. The van der Waals surface area contributed by atoms with Crippen molar-refractivity contribution in [2.75, 3.05) is 71.5 Å². The molecule has 4 aromatic rings. The number of urea groups is 1. The zero-order chi connectivity index (χ0) is 32.3. The fraction of sp³-hybridized carbons (Fsp3) is 0.382. The van der Waals surface area contributed by atoms with Crippen molar-refractivity contribution in [3.05, 3.63) is 66.5 Å². The highest BCUT2D eigenvalue weighted by atomic mass is 16.5. The number of amides is 2. The fourth-order valence-corrected chi connectivity index (χ4v) is 5.09. The Hall–Kier alpha value is -4.81. The summed E-state index contributed by atoms with van der Waals surface area (Å²) in [4.78, 5) is 23.5. The van der Waals surface area contributed by atoms with E-state index < -0.39 is 0 Å². The van der Waals surface area contributed by atoms with Gasteiger partial charge in [-0.05, 0) is 61.0 Å². The van der Waals surface area contributed by atoms with Crippen molar-refractivity contribution in [3.63, 3.8) is 0 Å². The molecule has 1 fully saturated rings. The smallest absolute Gasteiger partial charge is 0.321 e. The highest BCUT2D eigenvalue weighted by Gasteiger charge is 2.24. The number of methoxy groups -OCH3 is 3. The lowest BCUT2D eigenvalue weighted by atomic mass is 10.1. The molecule has 0 saturated carbocycles. The molecule has 12 nitrogen and oxygen atoms in total. The second-order valence-electron chi connectivity index (χ2n) is 10.8. The molecule has 3 aromatic carbocycles. The van der Waals surface area contributed by atoms with Crippen LogP contribution < -0.4 is 29.6 Å². The SMILES string of the molecule is COCCOc1cc2ncnc(Nc3ccc(OC4CCN(C(=O)Nc5ccc(OC)cc5)CC4)c(C)c3)c2cc1OCCOC. The maximum absolute atomic E-state index is 12.8. The summed E-state index contributed by atoms with van der Waals surface area (Å²) in [5.74, 6) is 3.34. The van der Waals surface area contributed by atoms with Crippen molar-refractivity contribution >= 4 is 34.1 Å². The van der Waals surface area contributed by atoms with Crippen molar-refractivity contribution in [1.82, 2.24) is 14.9 Å². The molecule has 46 heavy (non-hydrogen) atoms. The summed E-state index contributed by atoms with van der Waals surface area (Å²) in [5, 5.41) is 7.16. The van der Waals surface area contributed by atoms with Crippen LogP contribution in [0.1, 0.15) is 18.4 Å². The molecule has 1 saturated heterocycles. The van der Waals surface area contributed by atoms with E-state index >= 15 is 0 Å². The van der Waals surface area contributed by atoms with Crippen LogP contribution in [0.25, 0.3) is 10.9 Å². The highest BCUT2D eigenvalue weighted by Crippen LogP contribution is 2.36. The van der Waals surface area contributed by atoms with E-state index in [2.05, 4.69) is 20.6 Å². The van der Waals surface area contributed by atoms with Crippen LogP contribution in [-0.4, -0.2) is 87.8 Å². The second-order valence-corrected chi connectivity index (χ2v) is 10.8. The molecule has 5 rings (SSSR count). The predicted molar refractivity (Wildman–Crippen MR) is 176 cm³/mol. The molecule has 1 aromatic heterocycles. The number of carbonyl (C=O) groups excluding carboxylic acids is 1. The Morgan fingerprint density at radius 1 is 0.826 bits per heavy atom. The van der Waals surface area contributed by atoms with Gasteiger partial charge in [-0.2, -0.15) is 0 Å². The van der Waals surface area contributed by atoms with Crippen LogP contribution >= 0.6 is 0 Å². The molecular formula is C34H41N5O7. The number of nitrogens with one attached hydrogen (secondary N) is 2. The molecule has 1 aliphatic heterocycles. The molecule has 0 radical (unpaired) electrons. The normalized spacial score (nSPS) is 13.3. The van der Waals surface area contributed by atoms with Gasteiger partial charge in [-0.25, -0.2) is 14.8 Å². The van der Waals surface area contributed by atoms with Crippen LogP contribution in [0, 0.1) is 6.92 Å². The summed E-state index contributed by atoms with van der Waals surface area (Å²) < 4.78 is 33.7. The first-order chi connectivity index (χ1) is 22.5. The van der Waals surface area contributed by atoms with Crippen LogP contribution in [0.2, 0.25) is 0 Å². The number of likely N-dealkylation sites (tertiary alicyclic amines) is 1. The number of hydrogen-bond donors (Lipinski definition) is 2. The summed E-state index contributed by atoms with van der Waals surface area (Å²) in [6.45, 7) is 4.89. The van der Waals surface area contributed by atoms with Crippen LogP contribution in [0.5, 0.6) is 23.0 Å². The lowest BCUT2D eigenvalue weighted by Crippen LogP contribution is -2.43. The van der Waals surface area contributed by atoms with Gasteiger partial charge in [0, 0.05) is 63.0 Å². The molecule has 1 aliphatic rings. The number of rotatable bonds is 14. The molecular weight excluding hydrogens is 590 g/mol. The van der Waals surface area contributed by atoms with Gasteiger partial charge in [-0.15, -0.1) is 0 Å². The lowest BCUT2D eigenvalue weighted by molar-refractivity contribution is 0.115. The first-order valence-corrected chi connectivity index (χ1v) is 15.2. The van der Waals surface area contributed by atoms with Crippen molar-refractivity contribution in [2.45, 2.75) is 25.9 Å². The molecule has 2 amide bonds. The molecule has 0 bridgehead atoms. The van der Waals surface area contributed by atoms with Gasteiger partial charge >= 0.3 is 6.03 Å². The number of nitrogens with zero attached hydrogens (tertiary/aromatic N) is 3. The van der Waals surface area contributed by atoms with Gasteiger partial charge in [0.1, 0.15) is 43.0 Å². The van der Waals surface area contributed by atoms with Crippen molar-refractivity contribution in [3.8, 4) is 23.0 Å². The minimum Gasteiger partial charge on any atom is -0.497 e. The molecule has 0 aliphatic carbocycles. The van der Waals surface area contributed by atoms with E-state index in [1.54, 1.807) is 21.3 Å². The summed E-state index contributed by atoms with van der Waals surface area (Å²) in [7, 11) is 4.87. The first-order valence-electron chi connectivity index (χ1n) is 15.2. The van der Waals surface area contributed by atoms with Gasteiger partial charge in [-0.1, -0.05) is 0 Å². The number of anilines is 3. The minimum atomic E-state index is -0.115. The third kappa shape index (κ3) is 8.46. The number of benzene rings is 3. The third-order valence-corrected chi connectivity index (χ3v) is 7.59. The van der Waals surface area contributed by atoms with Gasteiger partial charge in [0.15, 0.2) is 11.5 Å². The zero-order valence-corrected chi connectivity index (χ0v) is 26.7. The molecule has 12 heteroatoms. The Morgan fingerprint density at radius 2 is 1.50 bits per heavy atom. The Bertz CT molecular complexity index is 1590. The summed E-state index contributed by atoms with van der Waals surface area (Å²) in [5.41, 5.74) is 3.29. The quantitative estimate of drug-likeness (QED) is 0.165. The van der Waals surface area contributed by atoms with Crippen LogP contribution in [0.3, 0.4) is 0 Å². The third-order valence-electron chi connectivity index (χ3n) is 7.59. The van der Waals surface area contributed by atoms with E-state index in [-0.39, 0.29) is 12.1 Å². The van der Waals surface area contributed by atoms with Gasteiger partial charge in [0.25, 0.3) is 0 Å². The number of aryl methyl sites for hydroxylation is 1. The number of carbonyl (C=O) groups is 1. The minimum absolute atomic E-state index is 0.0187. The summed E-state index contributed by atoms with van der Waals surface area (Å²) in [6.07, 6.45) is 3.02. The molecule has 0 unspecified atom stereocenters. The van der Waals surface area contributed by atoms with Crippen molar-refractivity contribution < 1.29 is 33.2 Å². The Balaban J connectivity index is 1.20. The second kappa shape index (κ2) is 16.0. The van der Waals surface area contributed by atoms with Gasteiger partial charge in [-0.3, -0.25) is 0 Å². The number of hydrogen-bond acceptors (Lipinski definition) is 10. The Kier molecular flexibility index (Phi) is 11.3. The van der Waals surface area contributed by atoms with E-state index in [0.717, 1.165) is 46.7 Å². The molecule has 0 atom stereocenters. The van der Waals surface area contributed by atoms with Gasteiger partial charge in [0.05, 0.1) is 25.8 Å². The number of piperidine rings is 1. The van der Waals surface area contributed by atoms with Crippen molar-refractivity contribution in [2.24, 2.45) is 0 Å². The Morgan fingerprint density at radius 3 is 2.15 bits per heavy atom. The first kappa shape index (κ1) is 32.6. The van der Waals surface area contributed by atoms with E-state index in [9.17, 15) is 4.79 Å². The fourth-order valence-electron chi connectivity index (χ4n) is 5.09. The molecule has 244 valence electrons. The van der Waals surface area contributed by atoms with E-state index in [1.165, 1.54) is 6.33 Å². The summed E-state index contributed by atoms with van der Waals surface area (Å²) in [6, 6.07) is 16.9. The number of fused-ring (bicyclic) bond motifs is 1. The average Bonchev–Trinajstić information content (AvgIpc) is 3.07. The topological polar surface area (TPSA) is 126 Å². The van der Waals surface area contributed by atoms with Gasteiger partial charge in [0.2, 0.25) is 0 Å². The maximum atomic E-state index is 12.8. The van der Waals surface area contributed by atoms with Crippen LogP contribution in [-0.2, 0) is 9.47 Å². The summed E-state index contributed by atoms with van der Waals surface area (Å²) >= 11 is 0. The molecule has 2 heterocycles. The molecule has 2 N–H and O–H groups in total. The highest BCUT2D eigenvalue weighted by molar-refractivity contribution is 5.93. The van der Waals surface area contributed by atoms with E-state index in [1.807, 2.05) is 66.4 Å². The van der Waals surface area contributed by atoms with Crippen LogP contribution in [0.15, 0.2) is 60.9 Å². The van der Waals surface area contributed by atoms with Crippen molar-refractivity contribution in [1.29, 1.82) is 0 Å². The molecule has 0 spiro atoms. The van der Waals surface area contributed by atoms with Gasteiger partial charge < -0.3 is 44.0 Å². The lowest BCUT2D eigenvalue weighted by Gasteiger charge is -2.32. The van der Waals surface area contributed by atoms with Crippen LogP contribution in [0.4, 0.5) is 22.0 Å². The number of aromatic nitrogens is 2. The predicted octanol–water partition coefficient (Wildman–Crippen LogP) is 5.82. The van der Waals surface area contributed by atoms with E-state index in [0.29, 0.717) is 62.4 Å². The average molecular weight is 632 g/mol. The standard InChI is InChI=1S/C34H41N5O7/c1-23-19-25(37-33-28-20-31(44-17-15-41-2)32(45-18-16-42-3)21-29(28)35-22-36-33)7-10-30(23)46-27-11-13-39(14-12-27)34(40)38-24-5-8-26(43-4)9-6-24/h5-10,19-22,27H,11-18H2,1-4H3,(H,38,40)(H,35,36,37). The number of ether oxygens (including phenoxy) is 6. The van der Waals surface area contributed by atoms with E-state index in [4.69, 9.17) is 28.4 Å². The monoisotopic (exact) mass is 631 g/mol. The maximum Gasteiger partial charge on any atom is 0.321 e. The largest absolute Gasteiger partial charge is 0.497 e.